The molecular formula is C17H18O5S3. The number of rotatable bonds is 4. The van der Waals surface area contributed by atoms with Crippen molar-refractivity contribution in [3.05, 3.63) is 54.6 Å². The van der Waals surface area contributed by atoms with Gasteiger partial charge in [-0.25, -0.2) is 8.42 Å². The molecule has 2 aromatic carbocycles. The van der Waals surface area contributed by atoms with Gasteiger partial charge in [0.15, 0.2) is 0 Å². The fourth-order valence-electron chi connectivity index (χ4n) is 2.45. The number of sulfone groups is 1. The van der Waals surface area contributed by atoms with E-state index in [9.17, 15) is 23.7 Å². The molecule has 25 heavy (non-hydrogen) atoms. The molecule has 2 aromatic rings. The van der Waals surface area contributed by atoms with Crippen LogP contribution in [0.5, 0.6) is 0 Å². The average molecular weight is 399 g/mol. The number of thioether (sulfide) groups is 2. The van der Waals surface area contributed by atoms with E-state index in [-0.39, 0.29) is 14.4 Å². The van der Waals surface area contributed by atoms with E-state index >= 15 is 0 Å². The molecule has 0 radical (unpaired) electrons. The molecule has 3 rings (SSSR count). The van der Waals surface area contributed by atoms with Gasteiger partial charge in [0, 0.05) is 10.6 Å². The molecule has 0 saturated carbocycles. The first-order chi connectivity index (χ1) is 11.9. The van der Waals surface area contributed by atoms with Crippen LogP contribution in [0.15, 0.2) is 69.3 Å². The van der Waals surface area contributed by atoms with Crippen LogP contribution in [0, 0.1) is 0 Å². The summed E-state index contributed by atoms with van der Waals surface area (Å²) < 4.78 is 24.8. The zero-order chi connectivity index (χ0) is 18.0. The van der Waals surface area contributed by atoms with Gasteiger partial charge in [0.25, 0.3) is 0 Å². The van der Waals surface area contributed by atoms with Crippen molar-refractivity contribution in [2.24, 2.45) is 0 Å². The first-order valence-corrected chi connectivity index (χ1v) is 11.0. The van der Waals surface area contributed by atoms with E-state index in [1.807, 2.05) is 0 Å². The standard InChI is InChI=1S/C17H18O5S3/c18-14-10-23-17(16(20)15(14)19)24-11-6-8-13(9-7-11)25(21,22)12-4-2-1-3-5-12/h1-9,14-20H,10H2/t14-,15+,16-,17+/m1/s1. The average Bonchev–Trinajstić information content (AvgIpc) is 2.63. The zero-order valence-electron chi connectivity index (χ0n) is 13.1. The molecule has 134 valence electrons. The lowest BCUT2D eigenvalue weighted by Gasteiger charge is -2.34. The Hall–Kier alpha value is -1.03. The van der Waals surface area contributed by atoms with E-state index in [1.165, 1.54) is 35.7 Å². The molecule has 0 unspecified atom stereocenters. The Labute approximate surface area is 155 Å². The molecule has 5 nitrogen and oxygen atoms in total. The maximum Gasteiger partial charge on any atom is 0.206 e. The highest BCUT2D eigenvalue weighted by molar-refractivity contribution is 8.17. The van der Waals surface area contributed by atoms with Gasteiger partial charge in [-0.05, 0) is 36.4 Å². The summed E-state index contributed by atoms with van der Waals surface area (Å²) in [5.74, 6) is 0.344. The van der Waals surface area contributed by atoms with Gasteiger partial charge in [-0.2, -0.15) is 0 Å². The van der Waals surface area contributed by atoms with E-state index in [0.717, 1.165) is 4.90 Å². The quantitative estimate of drug-likeness (QED) is 0.722. The molecule has 3 N–H and O–H groups in total. The minimum atomic E-state index is -3.55. The normalized spacial score (nSPS) is 27.2. The van der Waals surface area contributed by atoms with Crippen LogP contribution in [0.3, 0.4) is 0 Å². The summed E-state index contributed by atoms with van der Waals surface area (Å²) in [5, 5.41) is 29.4. The molecule has 0 bridgehead atoms. The topological polar surface area (TPSA) is 94.8 Å². The number of benzene rings is 2. The van der Waals surface area contributed by atoms with Gasteiger partial charge >= 0.3 is 0 Å². The summed E-state index contributed by atoms with van der Waals surface area (Å²) in [4.78, 5) is 1.23. The van der Waals surface area contributed by atoms with Crippen molar-refractivity contribution >= 4 is 33.4 Å². The van der Waals surface area contributed by atoms with Gasteiger partial charge < -0.3 is 15.3 Å². The van der Waals surface area contributed by atoms with Crippen molar-refractivity contribution in [2.45, 2.75) is 37.6 Å². The van der Waals surface area contributed by atoms with Crippen LogP contribution in [-0.4, -0.2) is 52.4 Å². The molecule has 0 aromatic heterocycles. The van der Waals surface area contributed by atoms with Crippen LogP contribution in [0.2, 0.25) is 0 Å². The third-order valence-corrected chi connectivity index (χ3v) is 8.57. The third kappa shape index (κ3) is 4.05. The number of aliphatic hydroxyl groups is 3. The predicted octanol–water partition coefficient (Wildman–Crippen LogP) is 1.77. The molecule has 4 atom stereocenters. The van der Waals surface area contributed by atoms with Crippen LogP contribution in [0.4, 0.5) is 0 Å². The van der Waals surface area contributed by atoms with E-state index in [4.69, 9.17) is 0 Å². The Morgan fingerprint density at radius 3 is 2.12 bits per heavy atom. The van der Waals surface area contributed by atoms with E-state index in [0.29, 0.717) is 5.75 Å². The Bertz CT molecular complexity index is 808. The summed E-state index contributed by atoms with van der Waals surface area (Å²) in [6, 6.07) is 14.7. The molecule has 8 heteroatoms. The third-order valence-electron chi connectivity index (χ3n) is 3.89. The highest BCUT2D eigenvalue weighted by Crippen LogP contribution is 2.38. The highest BCUT2D eigenvalue weighted by Gasteiger charge is 2.37. The van der Waals surface area contributed by atoms with E-state index < -0.39 is 28.1 Å². The lowest BCUT2D eigenvalue weighted by molar-refractivity contribution is -0.0474. The lowest BCUT2D eigenvalue weighted by atomic mass is 10.1. The summed E-state index contributed by atoms with van der Waals surface area (Å²) in [5.41, 5.74) is 0. The molecule has 1 saturated heterocycles. The van der Waals surface area contributed by atoms with Crippen molar-refractivity contribution in [1.82, 2.24) is 0 Å². The Kier molecular flexibility index (Phi) is 5.77. The predicted molar refractivity (Wildman–Crippen MR) is 98.5 cm³/mol. The Morgan fingerprint density at radius 2 is 1.48 bits per heavy atom. The minimum Gasteiger partial charge on any atom is -0.389 e. The van der Waals surface area contributed by atoms with Crippen molar-refractivity contribution < 1.29 is 23.7 Å². The maximum atomic E-state index is 12.6. The second-order valence-electron chi connectivity index (χ2n) is 5.66. The monoisotopic (exact) mass is 398 g/mol. The number of hydrogen-bond acceptors (Lipinski definition) is 7. The molecule has 0 spiro atoms. The Morgan fingerprint density at radius 1 is 0.880 bits per heavy atom. The molecule has 1 heterocycles. The number of hydrogen-bond donors (Lipinski definition) is 3. The van der Waals surface area contributed by atoms with E-state index in [1.54, 1.807) is 42.5 Å². The van der Waals surface area contributed by atoms with Crippen molar-refractivity contribution in [2.75, 3.05) is 5.75 Å². The van der Waals surface area contributed by atoms with Crippen molar-refractivity contribution in [1.29, 1.82) is 0 Å². The van der Waals surface area contributed by atoms with Crippen LogP contribution in [-0.2, 0) is 9.84 Å². The van der Waals surface area contributed by atoms with Crippen LogP contribution in [0.25, 0.3) is 0 Å². The van der Waals surface area contributed by atoms with Gasteiger partial charge in [-0.3, -0.25) is 0 Å². The van der Waals surface area contributed by atoms with Gasteiger partial charge in [0.2, 0.25) is 9.84 Å². The molecule has 1 fully saturated rings. The van der Waals surface area contributed by atoms with Crippen molar-refractivity contribution in [3.63, 3.8) is 0 Å². The van der Waals surface area contributed by atoms with E-state index in [2.05, 4.69) is 0 Å². The zero-order valence-corrected chi connectivity index (χ0v) is 15.5. The molecule has 1 aliphatic heterocycles. The second-order valence-corrected chi connectivity index (χ2v) is 10.3. The smallest absolute Gasteiger partial charge is 0.206 e. The van der Waals surface area contributed by atoms with Crippen LogP contribution < -0.4 is 0 Å². The second kappa shape index (κ2) is 7.69. The van der Waals surface area contributed by atoms with Crippen LogP contribution in [0.1, 0.15) is 0 Å². The summed E-state index contributed by atoms with van der Waals surface area (Å²) in [6.07, 6.45) is -3.15. The molecule has 1 aliphatic rings. The SMILES string of the molecule is O=S(=O)(c1ccccc1)c1ccc(S[C@@H]2SC[C@@H](O)[C@H](O)[C@H]2O)cc1. The first kappa shape index (κ1) is 18.8. The van der Waals surface area contributed by atoms with Gasteiger partial charge in [0.05, 0.1) is 20.5 Å². The molecule has 0 amide bonds. The minimum absolute atomic E-state index is 0.204. The number of aliphatic hydroxyl groups excluding tert-OH is 3. The lowest BCUT2D eigenvalue weighted by Crippen LogP contribution is -2.47. The fraction of sp³-hybridized carbons (Fsp3) is 0.294. The largest absolute Gasteiger partial charge is 0.389 e. The van der Waals surface area contributed by atoms with Gasteiger partial charge in [0.1, 0.15) is 12.2 Å². The maximum absolute atomic E-state index is 12.6. The van der Waals surface area contributed by atoms with Gasteiger partial charge in [-0.15, -0.1) is 23.5 Å². The van der Waals surface area contributed by atoms with Crippen LogP contribution >= 0.6 is 23.5 Å². The summed E-state index contributed by atoms with van der Waals surface area (Å²) in [6.45, 7) is 0. The fourth-order valence-corrected chi connectivity index (χ4v) is 6.38. The first-order valence-electron chi connectivity index (χ1n) is 7.62. The molecular weight excluding hydrogens is 380 g/mol. The van der Waals surface area contributed by atoms with Gasteiger partial charge in [-0.1, -0.05) is 18.2 Å². The molecule has 0 aliphatic carbocycles. The Balaban J connectivity index is 1.75. The van der Waals surface area contributed by atoms with Crippen molar-refractivity contribution in [3.8, 4) is 0 Å². The summed E-state index contributed by atoms with van der Waals surface area (Å²) in [7, 11) is -3.55. The highest BCUT2D eigenvalue weighted by atomic mass is 32.2. The summed E-state index contributed by atoms with van der Waals surface area (Å²) >= 11 is 2.71.